The summed E-state index contributed by atoms with van der Waals surface area (Å²) in [7, 11) is 1.68. The average Bonchev–Trinajstić information content (AvgIpc) is 2.34. The van der Waals surface area contributed by atoms with Gasteiger partial charge in [-0.1, -0.05) is 6.07 Å². The number of hydrogen-bond donors (Lipinski definition) is 1. The average molecular weight is 254 g/mol. The fourth-order valence-electron chi connectivity index (χ4n) is 1.44. The molecule has 0 saturated heterocycles. The van der Waals surface area contributed by atoms with Gasteiger partial charge in [0.1, 0.15) is 11.6 Å². The molecule has 0 aliphatic rings. The van der Waals surface area contributed by atoms with Crippen LogP contribution in [-0.2, 0) is 4.79 Å². The van der Waals surface area contributed by atoms with Crippen LogP contribution in [0.3, 0.4) is 0 Å². The molecular weight excluding hydrogens is 235 g/mol. The molecule has 4 nitrogen and oxygen atoms in total. The Morgan fingerprint density at radius 3 is 2.78 bits per heavy atom. The molecule has 0 saturated carbocycles. The Morgan fingerprint density at radius 1 is 1.56 bits per heavy atom. The molecule has 100 valence electrons. The summed E-state index contributed by atoms with van der Waals surface area (Å²) in [6.07, 6.45) is 0. The van der Waals surface area contributed by atoms with Crippen molar-refractivity contribution in [1.82, 2.24) is 4.90 Å². The van der Waals surface area contributed by atoms with Crippen LogP contribution in [0.4, 0.5) is 4.39 Å². The van der Waals surface area contributed by atoms with Crippen LogP contribution in [0.1, 0.15) is 25.5 Å². The summed E-state index contributed by atoms with van der Waals surface area (Å²) >= 11 is 0. The summed E-state index contributed by atoms with van der Waals surface area (Å²) in [5.74, 6) is -0.245. The summed E-state index contributed by atoms with van der Waals surface area (Å²) in [5.41, 5.74) is 6.44. The lowest BCUT2D eigenvalue weighted by atomic mass is 10.1. The summed E-state index contributed by atoms with van der Waals surface area (Å²) in [6.45, 7) is 4.13. The maximum atomic E-state index is 13.1. The van der Waals surface area contributed by atoms with Gasteiger partial charge in [-0.25, -0.2) is 4.39 Å². The fraction of sp³-hybridized carbons (Fsp3) is 0.462. The number of likely N-dealkylation sites (N-methyl/N-ethyl adjacent to an activating group) is 1. The Labute approximate surface area is 107 Å². The number of carbonyl (C=O) groups excluding carboxylic acids is 1. The molecule has 0 aliphatic carbocycles. The van der Waals surface area contributed by atoms with Gasteiger partial charge in [-0.15, -0.1) is 0 Å². The Bertz CT molecular complexity index is 421. The fourth-order valence-corrected chi connectivity index (χ4v) is 1.44. The third kappa shape index (κ3) is 3.70. The van der Waals surface area contributed by atoms with Crippen molar-refractivity contribution in [3.05, 3.63) is 29.6 Å². The number of halogens is 1. The number of rotatable bonds is 5. The molecule has 1 aromatic carbocycles. The van der Waals surface area contributed by atoms with Crippen molar-refractivity contribution in [1.29, 1.82) is 0 Å². The Balaban J connectivity index is 2.77. The molecule has 0 aromatic heterocycles. The van der Waals surface area contributed by atoms with E-state index in [0.29, 0.717) is 17.9 Å². The lowest BCUT2D eigenvalue weighted by molar-refractivity contribution is -0.131. The summed E-state index contributed by atoms with van der Waals surface area (Å²) in [6, 6.07) is 3.87. The molecule has 1 rings (SSSR count). The highest BCUT2D eigenvalue weighted by molar-refractivity contribution is 5.77. The predicted molar refractivity (Wildman–Crippen MR) is 67.8 cm³/mol. The molecule has 0 radical (unpaired) electrons. The van der Waals surface area contributed by atoms with E-state index in [-0.39, 0.29) is 18.6 Å². The van der Waals surface area contributed by atoms with Gasteiger partial charge in [-0.3, -0.25) is 4.79 Å². The third-order valence-electron chi connectivity index (χ3n) is 2.72. The number of nitrogens with zero attached hydrogens (tertiary/aromatic N) is 1. The first-order valence-corrected chi connectivity index (χ1v) is 5.87. The van der Waals surface area contributed by atoms with E-state index in [0.717, 1.165) is 0 Å². The highest BCUT2D eigenvalue weighted by Crippen LogP contribution is 2.24. The standard InChI is InChI=1S/C13H19FN2O2/c1-4-16(3)13(17)8-18-12-7-10(14)5-6-11(12)9(2)15/h5-7,9H,4,8,15H2,1-3H3. The SMILES string of the molecule is CCN(C)C(=O)COc1cc(F)ccc1C(C)N. The van der Waals surface area contributed by atoms with Crippen molar-refractivity contribution in [3.8, 4) is 5.75 Å². The first-order chi connectivity index (χ1) is 8.45. The Hall–Kier alpha value is -1.62. The summed E-state index contributed by atoms with van der Waals surface area (Å²) in [4.78, 5) is 13.1. The van der Waals surface area contributed by atoms with E-state index in [1.165, 1.54) is 17.0 Å². The van der Waals surface area contributed by atoms with Gasteiger partial charge in [0.25, 0.3) is 5.91 Å². The van der Waals surface area contributed by atoms with E-state index in [9.17, 15) is 9.18 Å². The van der Waals surface area contributed by atoms with E-state index < -0.39 is 5.82 Å². The number of hydrogen-bond acceptors (Lipinski definition) is 3. The minimum absolute atomic E-state index is 0.118. The molecule has 1 atom stereocenters. The molecule has 0 fully saturated rings. The van der Waals surface area contributed by atoms with Crippen LogP contribution in [0.15, 0.2) is 18.2 Å². The molecule has 0 spiro atoms. The highest BCUT2D eigenvalue weighted by Gasteiger charge is 2.12. The number of nitrogens with two attached hydrogens (primary N) is 1. The molecule has 1 amide bonds. The second-order valence-corrected chi connectivity index (χ2v) is 4.17. The smallest absolute Gasteiger partial charge is 0.260 e. The first kappa shape index (κ1) is 14.4. The van der Waals surface area contributed by atoms with Crippen molar-refractivity contribution in [2.45, 2.75) is 19.9 Å². The molecular formula is C13H19FN2O2. The quantitative estimate of drug-likeness (QED) is 0.870. The van der Waals surface area contributed by atoms with E-state index in [4.69, 9.17) is 10.5 Å². The van der Waals surface area contributed by atoms with E-state index >= 15 is 0 Å². The lowest BCUT2D eigenvalue weighted by Gasteiger charge is -2.17. The molecule has 2 N–H and O–H groups in total. The highest BCUT2D eigenvalue weighted by atomic mass is 19.1. The Kier molecular flexibility index (Phi) is 5.09. The van der Waals surface area contributed by atoms with Crippen LogP contribution in [0, 0.1) is 5.82 Å². The normalized spacial score (nSPS) is 12.1. The Morgan fingerprint density at radius 2 is 2.22 bits per heavy atom. The second kappa shape index (κ2) is 6.35. The maximum Gasteiger partial charge on any atom is 0.260 e. The maximum absolute atomic E-state index is 13.1. The molecule has 0 heterocycles. The predicted octanol–water partition coefficient (Wildman–Crippen LogP) is 1.70. The van der Waals surface area contributed by atoms with E-state index in [2.05, 4.69) is 0 Å². The van der Waals surface area contributed by atoms with Crippen LogP contribution < -0.4 is 10.5 Å². The molecule has 0 bridgehead atoms. The number of ether oxygens (including phenoxy) is 1. The zero-order valence-corrected chi connectivity index (χ0v) is 10.9. The van der Waals surface area contributed by atoms with Gasteiger partial charge in [-0.2, -0.15) is 0 Å². The number of amides is 1. The van der Waals surface area contributed by atoms with Gasteiger partial charge >= 0.3 is 0 Å². The van der Waals surface area contributed by atoms with Crippen molar-refractivity contribution in [3.63, 3.8) is 0 Å². The van der Waals surface area contributed by atoms with E-state index in [1.54, 1.807) is 20.0 Å². The van der Waals surface area contributed by atoms with Crippen molar-refractivity contribution in [2.24, 2.45) is 5.73 Å². The van der Waals surface area contributed by atoms with Gasteiger partial charge < -0.3 is 15.4 Å². The monoisotopic (exact) mass is 254 g/mol. The summed E-state index contributed by atoms with van der Waals surface area (Å²) < 4.78 is 18.5. The number of benzene rings is 1. The van der Waals surface area contributed by atoms with Crippen LogP contribution in [0.25, 0.3) is 0 Å². The third-order valence-corrected chi connectivity index (χ3v) is 2.72. The zero-order valence-electron chi connectivity index (χ0n) is 10.9. The van der Waals surface area contributed by atoms with Crippen molar-refractivity contribution < 1.29 is 13.9 Å². The summed E-state index contributed by atoms with van der Waals surface area (Å²) in [5, 5.41) is 0. The van der Waals surface area contributed by atoms with Gasteiger partial charge in [0.15, 0.2) is 6.61 Å². The second-order valence-electron chi connectivity index (χ2n) is 4.17. The van der Waals surface area contributed by atoms with Gasteiger partial charge in [0, 0.05) is 31.3 Å². The molecule has 18 heavy (non-hydrogen) atoms. The van der Waals surface area contributed by atoms with Crippen molar-refractivity contribution >= 4 is 5.91 Å². The largest absolute Gasteiger partial charge is 0.483 e. The lowest BCUT2D eigenvalue weighted by Crippen LogP contribution is -2.31. The molecule has 1 unspecified atom stereocenters. The molecule has 0 aliphatic heterocycles. The van der Waals surface area contributed by atoms with Crippen molar-refractivity contribution in [2.75, 3.05) is 20.2 Å². The molecule has 1 aromatic rings. The van der Waals surface area contributed by atoms with Gasteiger partial charge in [-0.05, 0) is 19.9 Å². The van der Waals surface area contributed by atoms with Crippen LogP contribution >= 0.6 is 0 Å². The molecule has 5 heteroatoms. The zero-order chi connectivity index (χ0) is 13.7. The van der Waals surface area contributed by atoms with Gasteiger partial charge in [0.05, 0.1) is 0 Å². The van der Waals surface area contributed by atoms with E-state index in [1.807, 2.05) is 6.92 Å². The van der Waals surface area contributed by atoms with Crippen LogP contribution in [-0.4, -0.2) is 31.0 Å². The van der Waals surface area contributed by atoms with Crippen LogP contribution in [0.5, 0.6) is 5.75 Å². The topological polar surface area (TPSA) is 55.6 Å². The minimum atomic E-state index is -0.411. The minimum Gasteiger partial charge on any atom is -0.483 e. The first-order valence-electron chi connectivity index (χ1n) is 5.87. The van der Waals surface area contributed by atoms with Crippen LogP contribution in [0.2, 0.25) is 0 Å². The van der Waals surface area contributed by atoms with Gasteiger partial charge in [0.2, 0.25) is 0 Å². The number of carbonyl (C=O) groups is 1.